The Morgan fingerprint density at radius 1 is 1.17 bits per heavy atom. The zero-order chi connectivity index (χ0) is 8.66. The van der Waals surface area contributed by atoms with E-state index in [0.29, 0.717) is 32.1 Å². The van der Waals surface area contributed by atoms with E-state index in [0.717, 1.165) is 0 Å². The molecule has 2 bridgehead atoms. The molecule has 0 saturated carbocycles. The first-order chi connectivity index (χ1) is 5.68. The van der Waals surface area contributed by atoms with Crippen LogP contribution in [0.3, 0.4) is 0 Å². The van der Waals surface area contributed by atoms with Crippen molar-refractivity contribution in [1.29, 1.82) is 0 Å². The molecule has 3 fully saturated rings. The molecule has 0 amide bonds. The molecule has 0 aliphatic carbocycles. The van der Waals surface area contributed by atoms with E-state index in [2.05, 4.69) is 6.92 Å². The fourth-order valence-corrected chi connectivity index (χ4v) is 1.67. The van der Waals surface area contributed by atoms with Crippen molar-refractivity contribution < 1.29 is 14.2 Å². The Hall–Kier alpha value is 0.170. The molecule has 4 heteroatoms. The Labute approximate surface area is 76.9 Å². The van der Waals surface area contributed by atoms with E-state index in [1.54, 1.807) is 0 Å². The number of fused-ring (bicyclic) bond motifs is 3. The summed E-state index contributed by atoms with van der Waals surface area (Å²) < 4.78 is 16.4. The summed E-state index contributed by atoms with van der Waals surface area (Å²) in [5.41, 5.74) is 0.0497. The maximum absolute atomic E-state index is 5.62. The SMILES string of the molecule is CC12COC(CCCl)(OC1)OC2. The molecule has 3 heterocycles. The summed E-state index contributed by atoms with van der Waals surface area (Å²) in [4.78, 5) is 0. The monoisotopic (exact) mass is 192 g/mol. The minimum Gasteiger partial charge on any atom is -0.327 e. The quantitative estimate of drug-likeness (QED) is 0.619. The molecule has 0 aromatic carbocycles. The van der Waals surface area contributed by atoms with Gasteiger partial charge in [-0.15, -0.1) is 11.6 Å². The van der Waals surface area contributed by atoms with Gasteiger partial charge in [-0.1, -0.05) is 6.92 Å². The van der Waals surface area contributed by atoms with Crippen molar-refractivity contribution in [1.82, 2.24) is 0 Å². The van der Waals surface area contributed by atoms with Crippen LogP contribution in [0.4, 0.5) is 0 Å². The average molecular weight is 193 g/mol. The van der Waals surface area contributed by atoms with Gasteiger partial charge in [-0.25, -0.2) is 0 Å². The highest BCUT2D eigenvalue weighted by molar-refractivity contribution is 6.17. The zero-order valence-electron chi connectivity index (χ0n) is 7.14. The van der Waals surface area contributed by atoms with Gasteiger partial charge in [0.2, 0.25) is 0 Å². The number of ether oxygens (including phenoxy) is 3. The lowest BCUT2D eigenvalue weighted by molar-refractivity contribution is -0.465. The van der Waals surface area contributed by atoms with Gasteiger partial charge in [0.25, 0.3) is 5.97 Å². The van der Waals surface area contributed by atoms with Crippen molar-refractivity contribution >= 4 is 11.6 Å². The van der Waals surface area contributed by atoms with E-state index in [1.807, 2.05) is 0 Å². The lowest BCUT2D eigenvalue weighted by atomic mass is 9.91. The lowest BCUT2D eigenvalue weighted by Gasteiger charge is -2.50. The summed E-state index contributed by atoms with van der Waals surface area (Å²) in [5, 5.41) is 0. The summed E-state index contributed by atoms with van der Waals surface area (Å²) >= 11 is 5.62. The maximum atomic E-state index is 5.62. The van der Waals surface area contributed by atoms with Crippen LogP contribution in [0.5, 0.6) is 0 Å². The Morgan fingerprint density at radius 3 is 2.08 bits per heavy atom. The zero-order valence-corrected chi connectivity index (χ0v) is 7.89. The molecule has 12 heavy (non-hydrogen) atoms. The highest BCUT2D eigenvalue weighted by Gasteiger charge is 2.49. The normalized spacial score (nSPS) is 46.5. The van der Waals surface area contributed by atoms with Crippen molar-refractivity contribution in [2.45, 2.75) is 19.3 Å². The van der Waals surface area contributed by atoms with E-state index >= 15 is 0 Å². The van der Waals surface area contributed by atoms with E-state index in [9.17, 15) is 0 Å². The number of alkyl halides is 1. The van der Waals surface area contributed by atoms with Crippen LogP contribution < -0.4 is 0 Å². The van der Waals surface area contributed by atoms with E-state index < -0.39 is 5.97 Å². The summed E-state index contributed by atoms with van der Waals surface area (Å²) in [6.45, 7) is 4.23. The van der Waals surface area contributed by atoms with Gasteiger partial charge in [0, 0.05) is 17.7 Å². The van der Waals surface area contributed by atoms with Crippen molar-refractivity contribution in [3.05, 3.63) is 0 Å². The van der Waals surface area contributed by atoms with Gasteiger partial charge in [0.05, 0.1) is 19.8 Å². The minimum atomic E-state index is -0.820. The topological polar surface area (TPSA) is 27.7 Å². The Balaban J connectivity index is 2.04. The van der Waals surface area contributed by atoms with Crippen molar-refractivity contribution in [3.8, 4) is 0 Å². The molecule has 0 radical (unpaired) electrons. The van der Waals surface area contributed by atoms with Crippen molar-refractivity contribution in [3.63, 3.8) is 0 Å². The highest BCUT2D eigenvalue weighted by atomic mass is 35.5. The van der Waals surface area contributed by atoms with Crippen LogP contribution in [0, 0.1) is 5.41 Å². The number of hydrogen-bond acceptors (Lipinski definition) is 3. The van der Waals surface area contributed by atoms with Crippen LogP contribution in [-0.4, -0.2) is 31.7 Å². The van der Waals surface area contributed by atoms with Gasteiger partial charge in [0.1, 0.15) is 0 Å². The molecular weight excluding hydrogens is 180 g/mol. The molecular formula is C8H13ClO3. The molecule has 70 valence electrons. The van der Waals surface area contributed by atoms with Crippen LogP contribution in [0.2, 0.25) is 0 Å². The molecule has 3 saturated heterocycles. The Kier molecular flexibility index (Phi) is 2.07. The second-order valence-corrected chi connectivity index (χ2v) is 4.18. The fourth-order valence-electron chi connectivity index (χ4n) is 1.43. The first-order valence-electron chi connectivity index (χ1n) is 4.16. The van der Waals surface area contributed by atoms with Gasteiger partial charge in [0.15, 0.2) is 0 Å². The number of rotatable bonds is 2. The first kappa shape index (κ1) is 8.75. The number of halogens is 1. The lowest BCUT2D eigenvalue weighted by Crippen LogP contribution is -2.59. The second kappa shape index (κ2) is 2.84. The van der Waals surface area contributed by atoms with E-state index in [-0.39, 0.29) is 5.41 Å². The first-order valence-corrected chi connectivity index (χ1v) is 4.69. The molecule has 0 spiro atoms. The van der Waals surface area contributed by atoms with Gasteiger partial charge < -0.3 is 14.2 Å². The summed E-state index contributed by atoms with van der Waals surface area (Å²) in [6.07, 6.45) is 0.602. The van der Waals surface area contributed by atoms with Gasteiger partial charge >= 0.3 is 0 Å². The van der Waals surface area contributed by atoms with Crippen molar-refractivity contribution in [2.24, 2.45) is 5.41 Å². The number of hydrogen-bond donors (Lipinski definition) is 0. The highest BCUT2D eigenvalue weighted by Crippen LogP contribution is 2.39. The average Bonchev–Trinajstić information content (AvgIpc) is 2.08. The summed E-state index contributed by atoms with van der Waals surface area (Å²) in [6, 6.07) is 0. The van der Waals surface area contributed by atoms with Crippen LogP contribution in [0.15, 0.2) is 0 Å². The van der Waals surface area contributed by atoms with Gasteiger partial charge in [-0.05, 0) is 0 Å². The third kappa shape index (κ3) is 1.35. The molecule has 3 aliphatic rings. The van der Waals surface area contributed by atoms with Crippen LogP contribution in [-0.2, 0) is 14.2 Å². The molecule has 0 aromatic rings. The third-order valence-corrected chi connectivity index (χ3v) is 2.51. The van der Waals surface area contributed by atoms with Gasteiger partial charge in [-0.2, -0.15) is 0 Å². The van der Waals surface area contributed by atoms with Crippen LogP contribution in [0.25, 0.3) is 0 Å². The Bertz CT molecular complexity index is 159. The molecule has 0 unspecified atom stereocenters. The predicted octanol–water partition coefficient (Wildman–Crippen LogP) is 1.35. The third-order valence-electron chi connectivity index (χ3n) is 2.32. The van der Waals surface area contributed by atoms with Crippen molar-refractivity contribution in [2.75, 3.05) is 25.7 Å². The standard InChI is InChI=1S/C8H13ClO3/c1-7-4-10-8(2-3-9,11-5-7)12-6-7/h2-6H2,1H3. The maximum Gasteiger partial charge on any atom is 0.284 e. The molecule has 3 nitrogen and oxygen atoms in total. The predicted molar refractivity (Wildman–Crippen MR) is 44.0 cm³/mol. The molecule has 3 aliphatic heterocycles. The van der Waals surface area contributed by atoms with Crippen LogP contribution in [0.1, 0.15) is 13.3 Å². The summed E-state index contributed by atoms with van der Waals surface area (Å²) in [5.74, 6) is -0.323. The Morgan fingerprint density at radius 2 is 1.67 bits per heavy atom. The second-order valence-electron chi connectivity index (χ2n) is 3.80. The van der Waals surface area contributed by atoms with Crippen LogP contribution >= 0.6 is 11.6 Å². The molecule has 0 N–H and O–H groups in total. The van der Waals surface area contributed by atoms with E-state index in [1.165, 1.54) is 0 Å². The molecule has 3 rings (SSSR count). The molecule has 0 aromatic heterocycles. The van der Waals surface area contributed by atoms with E-state index in [4.69, 9.17) is 25.8 Å². The molecule has 0 atom stereocenters. The minimum absolute atomic E-state index is 0.0497. The van der Waals surface area contributed by atoms with Gasteiger partial charge in [-0.3, -0.25) is 0 Å². The fraction of sp³-hybridized carbons (Fsp3) is 1.00. The smallest absolute Gasteiger partial charge is 0.284 e. The summed E-state index contributed by atoms with van der Waals surface area (Å²) in [7, 11) is 0. The largest absolute Gasteiger partial charge is 0.327 e.